The van der Waals surface area contributed by atoms with E-state index in [1.807, 2.05) is 42.5 Å². The van der Waals surface area contributed by atoms with Crippen molar-refractivity contribution in [2.75, 3.05) is 0 Å². The summed E-state index contributed by atoms with van der Waals surface area (Å²) in [6.45, 7) is 0. The van der Waals surface area contributed by atoms with Crippen LogP contribution in [0.15, 0.2) is 66.7 Å². The summed E-state index contributed by atoms with van der Waals surface area (Å²) in [6, 6.07) is 22.4. The van der Waals surface area contributed by atoms with Gasteiger partial charge >= 0.3 is 0 Å². The van der Waals surface area contributed by atoms with Crippen LogP contribution in [0.5, 0.6) is 0 Å². The molecule has 0 saturated carbocycles. The molecular formula is C18H11ClN2. The molecule has 0 aliphatic heterocycles. The van der Waals surface area contributed by atoms with Gasteiger partial charge in [-0.2, -0.15) is 0 Å². The fourth-order valence-electron chi connectivity index (χ4n) is 2.69. The zero-order valence-electron chi connectivity index (χ0n) is 11.1. The highest BCUT2D eigenvalue weighted by atomic mass is 35.5. The van der Waals surface area contributed by atoms with Crippen molar-refractivity contribution in [1.29, 1.82) is 0 Å². The number of benzene rings is 3. The normalized spacial score (nSPS) is 11.1. The molecule has 2 nitrogen and oxygen atoms in total. The van der Waals surface area contributed by atoms with Crippen LogP contribution in [-0.2, 0) is 0 Å². The number of nitrogens with zero attached hydrogens (tertiary/aromatic N) is 2. The van der Waals surface area contributed by atoms with Crippen molar-refractivity contribution >= 4 is 33.3 Å². The molecule has 0 fully saturated rings. The van der Waals surface area contributed by atoms with Gasteiger partial charge in [0.15, 0.2) is 0 Å². The van der Waals surface area contributed by atoms with Gasteiger partial charge < -0.3 is 0 Å². The summed E-state index contributed by atoms with van der Waals surface area (Å²) in [5, 5.41) is 3.64. The van der Waals surface area contributed by atoms with Gasteiger partial charge in [0.2, 0.25) is 5.28 Å². The Hall–Kier alpha value is -2.45. The first-order valence-corrected chi connectivity index (χ1v) is 7.11. The summed E-state index contributed by atoms with van der Waals surface area (Å²) in [7, 11) is 0. The minimum absolute atomic E-state index is 0.275. The molecule has 21 heavy (non-hydrogen) atoms. The van der Waals surface area contributed by atoms with Crippen LogP contribution in [0, 0.1) is 0 Å². The number of para-hydroxylation sites is 1. The molecule has 1 aromatic heterocycles. The van der Waals surface area contributed by atoms with Gasteiger partial charge in [-0.05, 0) is 28.4 Å². The predicted molar refractivity (Wildman–Crippen MR) is 87.5 cm³/mol. The lowest BCUT2D eigenvalue weighted by molar-refractivity contribution is 1.23. The smallest absolute Gasteiger partial charge is 0.218 e. The van der Waals surface area contributed by atoms with Crippen LogP contribution in [0.3, 0.4) is 0 Å². The molecule has 0 atom stereocenters. The molecule has 0 aliphatic carbocycles. The van der Waals surface area contributed by atoms with E-state index in [4.69, 9.17) is 11.6 Å². The maximum atomic E-state index is 6.10. The van der Waals surface area contributed by atoms with Gasteiger partial charge in [0.05, 0.1) is 11.2 Å². The van der Waals surface area contributed by atoms with Gasteiger partial charge in [-0.25, -0.2) is 9.97 Å². The highest BCUT2D eigenvalue weighted by Crippen LogP contribution is 2.32. The van der Waals surface area contributed by atoms with Crippen molar-refractivity contribution in [2.24, 2.45) is 0 Å². The summed E-state index contributed by atoms with van der Waals surface area (Å²) >= 11 is 6.10. The first kappa shape index (κ1) is 12.3. The summed E-state index contributed by atoms with van der Waals surface area (Å²) in [6.07, 6.45) is 0. The number of hydrogen-bond acceptors (Lipinski definition) is 2. The Labute approximate surface area is 127 Å². The summed E-state index contributed by atoms with van der Waals surface area (Å²) in [5.74, 6) is 0. The molecule has 4 aromatic rings. The minimum Gasteiger partial charge on any atom is -0.218 e. The average molecular weight is 291 g/mol. The number of hydrogen-bond donors (Lipinski definition) is 0. The van der Waals surface area contributed by atoms with Crippen LogP contribution >= 0.6 is 11.6 Å². The molecule has 100 valence electrons. The van der Waals surface area contributed by atoms with E-state index in [1.54, 1.807) is 0 Å². The molecule has 3 heteroatoms. The van der Waals surface area contributed by atoms with Crippen molar-refractivity contribution in [1.82, 2.24) is 9.97 Å². The van der Waals surface area contributed by atoms with Crippen molar-refractivity contribution in [3.8, 4) is 11.3 Å². The SMILES string of the molecule is Clc1nc(-c2cccc3ccccc23)c2ccccc2n1. The largest absolute Gasteiger partial charge is 0.223 e. The Kier molecular flexibility index (Phi) is 2.83. The molecule has 0 aliphatic rings. The molecule has 0 N–H and O–H groups in total. The number of rotatable bonds is 1. The van der Waals surface area contributed by atoms with Crippen LogP contribution < -0.4 is 0 Å². The Morgan fingerprint density at radius 3 is 2.29 bits per heavy atom. The van der Waals surface area contributed by atoms with Crippen LogP contribution in [-0.4, -0.2) is 9.97 Å². The minimum atomic E-state index is 0.275. The second-order valence-corrected chi connectivity index (χ2v) is 5.22. The van der Waals surface area contributed by atoms with E-state index >= 15 is 0 Å². The predicted octanol–water partition coefficient (Wildman–Crippen LogP) is 5.10. The third kappa shape index (κ3) is 2.05. The third-order valence-electron chi connectivity index (χ3n) is 3.62. The Morgan fingerprint density at radius 1 is 0.667 bits per heavy atom. The van der Waals surface area contributed by atoms with Crippen LogP contribution in [0.25, 0.3) is 32.9 Å². The van der Waals surface area contributed by atoms with E-state index in [0.717, 1.165) is 22.2 Å². The van der Waals surface area contributed by atoms with Gasteiger partial charge in [-0.1, -0.05) is 60.7 Å². The summed E-state index contributed by atoms with van der Waals surface area (Å²) in [4.78, 5) is 8.77. The molecule has 0 spiro atoms. The number of aromatic nitrogens is 2. The van der Waals surface area contributed by atoms with Gasteiger partial charge in [-0.3, -0.25) is 0 Å². The van der Waals surface area contributed by atoms with Crippen LogP contribution in [0.1, 0.15) is 0 Å². The Bertz CT molecular complexity index is 958. The quantitative estimate of drug-likeness (QED) is 0.456. The fraction of sp³-hybridized carbons (Fsp3) is 0. The molecule has 1 heterocycles. The molecule has 0 saturated heterocycles. The molecule has 4 rings (SSSR count). The maximum absolute atomic E-state index is 6.10. The zero-order chi connectivity index (χ0) is 14.2. The fourth-order valence-corrected chi connectivity index (χ4v) is 2.86. The molecular weight excluding hydrogens is 280 g/mol. The van der Waals surface area contributed by atoms with Crippen molar-refractivity contribution in [2.45, 2.75) is 0 Å². The lowest BCUT2D eigenvalue weighted by atomic mass is 9.99. The van der Waals surface area contributed by atoms with Crippen molar-refractivity contribution in [3.63, 3.8) is 0 Å². The Morgan fingerprint density at radius 2 is 1.38 bits per heavy atom. The monoisotopic (exact) mass is 290 g/mol. The number of halogens is 1. The molecule has 0 unspecified atom stereocenters. The van der Waals surface area contributed by atoms with Gasteiger partial charge in [0.25, 0.3) is 0 Å². The lowest BCUT2D eigenvalue weighted by Gasteiger charge is -2.09. The van der Waals surface area contributed by atoms with E-state index in [-0.39, 0.29) is 5.28 Å². The van der Waals surface area contributed by atoms with E-state index < -0.39 is 0 Å². The third-order valence-corrected chi connectivity index (χ3v) is 3.79. The molecule has 0 radical (unpaired) electrons. The van der Waals surface area contributed by atoms with Crippen LogP contribution in [0.2, 0.25) is 5.28 Å². The first-order valence-electron chi connectivity index (χ1n) is 6.73. The Balaban J connectivity index is 2.14. The van der Waals surface area contributed by atoms with Gasteiger partial charge in [0, 0.05) is 10.9 Å². The lowest BCUT2D eigenvalue weighted by Crippen LogP contribution is -1.92. The maximum Gasteiger partial charge on any atom is 0.223 e. The zero-order valence-corrected chi connectivity index (χ0v) is 11.9. The summed E-state index contributed by atoms with van der Waals surface area (Å²) in [5.41, 5.74) is 2.82. The number of fused-ring (bicyclic) bond motifs is 2. The first-order chi connectivity index (χ1) is 10.3. The van der Waals surface area contributed by atoms with Gasteiger partial charge in [0.1, 0.15) is 0 Å². The molecule has 0 bridgehead atoms. The second kappa shape index (κ2) is 4.83. The molecule has 0 amide bonds. The topological polar surface area (TPSA) is 25.8 Å². The van der Waals surface area contributed by atoms with E-state index in [0.29, 0.717) is 0 Å². The standard InChI is InChI=1S/C18H11ClN2/c19-18-20-16-11-4-3-9-15(16)17(21-18)14-10-5-7-12-6-1-2-8-13(12)14/h1-11H. The van der Waals surface area contributed by atoms with E-state index in [1.165, 1.54) is 10.8 Å². The van der Waals surface area contributed by atoms with Crippen molar-refractivity contribution < 1.29 is 0 Å². The van der Waals surface area contributed by atoms with Gasteiger partial charge in [-0.15, -0.1) is 0 Å². The van der Waals surface area contributed by atoms with Crippen molar-refractivity contribution in [3.05, 3.63) is 72.0 Å². The highest BCUT2D eigenvalue weighted by molar-refractivity contribution is 6.29. The summed E-state index contributed by atoms with van der Waals surface area (Å²) < 4.78 is 0. The highest BCUT2D eigenvalue weighted by Gasteiger charge is 2.11. The van der Waals surface area contributed by atoms with E-state index in [9.17, 15) is 0 Å². The average Bonchev–Trinajstić information content (AvgIpc) is 2.53. The van der Waals surface area contributed by atoms with Crippen LogP contribution in [0.4, 0.5) is 0 Å². The molecule has 3 aromatic carbocycles. The van der Waals surface area contributed by atoms with E-state index in [2.05, 4.69) is 34.2 Å². The second-order valence-electron chi connectivity index (χ2n) is 4.89.